The molecule has 2 aliphatic rings. The number of benzene rings is 1. The van der Waals surface area contributed by atoms with Gasteiger partial charge >= 0.3 is 0 Å². The first-order valence-electron chi connectivity index (χ1n) is 9.26. The van der Waals surface area contributed by atoms with E-state index in [2.05, 4.69) is 12.2 Å². The van der Waals surface area contributed by atoms with Crippen LogP contribution in [0.3, 0.4) is 0 Å². The lowest BCUT2D eigenvalue weighted by Crippen LogP contribution is -2.45. The molecule has 0 aromatic heterocycles. The Labute approximate surface area is 144 Å². The molecule has 0 saturated heterocycles. The molecule has 0 heterocycles. The summed E-state index contributed by atoms with van der Waals surface area (Å²) in [6.45, 7) is 2.37. The first-order valence-corrected chi connectivity index (χ1v) is 9.26. The van der Waals surface area contributed by atoms with E-state index < -0.39 is 0 Å². The van der Waals surface area contributed by atoms with Gasteiger partial charge in [0.15, 0.2) is 0 Å². The highest BCUT2D eigenvalue weighted by atomic mass is 19.1. The van der Waals surface area contributed by atoms with Gasteiger partial charge in [0.05, 0.1) is 11.6 Å². The van der Waals surface area contributed by atoms with Gasteiger partial charge in [-0.2, -0.15) is 0 Å². The molecular weight excluding hydrogens is 305 g/mol. The van der Waals surface area contributed by atoms with Gasteiger partial charge in [0, 0.05) is 0 Å². The Morgan fingerprint density at radius 2 is 1.92 bits per heavy atom. The SMILES string of the molecule is CC1CCCC(OCC(=O)NC2(c3ccc(F)cc3)CCCC2)C1. The number of halogens is 1. The average Bonchev–Trinajstić information content (AvgIpc) is 3.03. The number of hydrogen-bond donors (Lipinski definition) is 1. The third-order valence-electron chi connectivity index (χ3n) is 5.57. The normalized spacial score (nSPS) is 26.2. The highest BCUT2D eigenvalue weighted by Crippen LogP contribution is 2.38. The summed E-state index contributed by atoms with van der Waals surface area (Å²) in [5.41, 5.74) is 0.648. The quantitative estimate of drug-likeness (QED) is 0.872. The maximum atomic E-state index is 13.2. The molecule has 0 aliphatic heterocycles. The highest BCUT2D eigenvalue weighted by Gasteiger charge is 2.37. The molecule has 2 fully saturated rings. The third-order valence-corrected chi connectivity index (χ3v) is 5.57. The standard InChI is InChI=1S/C20H28FNO2/c1-15-5-4-6-18(13-15)24-14-19(23)22-20(11-2-3-12-20)16-7-9-17(21)10-8-16/h7-10,15,18H,2-6,11-14H2,1H3,(H,22,23). The van der Waals surface area contributed by atoms with Crippen molar-refractivity contribution in [1.82, 2.24) is 5.32 Å². The molecule has 1 aromatic carbocycles. The van der Waals surface area contributed by atoms with Crippen LogP contribution < -0.4 is 5.32 Å². The van der Waals surface area contributed by atoms with Crippen LogP contribution in [0.2, 0.25) is 0 Å². The maximum absolute atomic E-state index is 13.2. The van der Waals surface area contributed by atoms with Crippen LogP contribution in [-0.4, -0.2) is 18.6 Å². The van der Waals surface area contributed by atoms with Crippen molar-refractivity contribution in [2.24, 2.45) is 5.92 Å². The van der Waals surface area contributed by atoms with Gasteiger partial charge in [0.2, 0.25) is 5.91 Å². The molecule has 4 heteroatoms. The minimum atomic E-state index is -0.353. The van der Waals surface area contributed by atoms with E-state index in [1.807, 2.05) is 0 Å². The molecule has 2 aliphatic carbocycles. The molecule has 2 unspecified atom stereocenters. The summed E-state index contributed by atoms with van der Waals surface area (Å²) in [6, 6.07) is 6.54. The van der Waals surface area contributed by atoms with E-state index in [1.54, 1.807) is 12.1 Å². The number of ether oxygens (including phenoxy) is 1. The highest BCUT2D eigenvalue weighted by molar-refractivity contribution is 5.78. The van der Waals surface area contributed by atoms with E-state index in [0.29, 0.717) is 5.92 Å². The van der Waals surface area contributed by atoms with Gasteiger partial charge in [0.1, 0.15) is 12.4 Å². The van der Waals surface area contributed by atoms with Gasteiger partial charge in [-0.05, 0) is 49.3 Å². The summed E-state index contributed by atoms with van der Waals surface area (Å²) >= 11 is 0. The monoisotopic (exact) mass is 333 g/mol. The molecule has 0 radical (unpaired) electrons. The Hall–Kier alpha value is -1.42. The number of rotatable bonds is 5. The summed E-state index contributed by atoms with van der Waals surface area (Å²) in [6.07, 6.45) is 8.75. The second kappa shape index (κ2) is 7.64. The number of nitrogens with one attached hydrogen (secondary N) is 1. The third kappa shape index (κ3) is 4.15. The van der Waals surface area contributed by atoms with Gasteiger partial charge in [-0.1, -0.05) is 44.7 Å². The second-order valence-corrected chi connectivity index (χ2v) is 7.55. The molecule has 2 saturated carbocycles. The van der Waals surface area contributed by atoms with Crippen molar-refractivity contribution in [3.63, 3.8) is 0 Å². The van der Waals surface area contributed by atoms with Gasteiger partial charge in [-0.25, -0.2) is 4.39 Å². The fraction of sp³-hybridized carbons (Fsp3) is 0.650. The van der Waals surface area contributed by atoms with E-state index in [1.165, 1.54) is 25.0 Å². The van der Waals surface area contributed by atoms with Crippen molar-refractivity contribution in [3.8, 4) is 0 Å². The summed E-state index contributed by atoms with van der Waals surface area (Å²) in [5, 5.41) is 3.19. The lowest BCUT2D eigenvalue weighted by molar-refractivity contribution is -0.130. The van der Waals surface area contributed by atoms with Crippen molar-refractivity contribution in [1.29, 1.82) is 0 Å². The second-order valence-electron chi connectivity index (χ2n) is 7.55. The van der Waals surface area contributed by atoms with Crippen molar-refractivity contribution in [3.05, 3.63) is 35.6 Å². The molecule has 0 bridgehead atoms. The molecule has 1 aromatic rings. The number of carbonyl (C=O) groups excluding carboxylic acids is 1. The zero-order valence-electron chi connectivity index (χ0n) is 14.5. The van der Waals surface area contributed by atoms with Crippen LogP contribution in [0.4, 0.5) is 4.39 Å². The van der Waals surface area contributed by atoms with Gasteiger partial charge in [-0.3, -0.25) is 4.79 Å². The lowest BCUT2D eigenvalue weighted by atomic mass is 9.88. The van der Waals surface area contributed by atoms with Gasteiger partial charge in [0.25, 0.3) is 0 Å². The number of amides is 1. The van der Waals surface area contributed by atoms with Crippen molar-refractivity contribution < 1.29 is 13.9 Å². The van der Waals surface area contributed by atoms with Gasteiger partial charge < -0.3 is 10.1 Å². The van der Waals surface area contributed by atoms with Crippen LogP contribution in [0.1, 0.15) is 63.9 Å². The molecular formula is C20H28FNO2. The lowest BCUT2D eigenvalue weighted by Gasteiger charge is -2.32. The predicted molar refractivity (Wildman–Crippen MR) is 92.1 cm³/mol. The van der Waals surface area contributed by atoms with Crippen LogP contribution in [-0.2, 0) is 15.1 Å². The summed E-state index contributed by atoms with van der Waals surface area (Å²) < 4.78 is 19.1. The molecule has 0 spiro atoms. The van der Waals surface area contributed by atoms with E-state index in [-0.39, 0.29) is 30.0 Å². The summed E-state index contributed by atoms with van der Waals surface area (Å²) in [5.74, 6) is 0.389. The Morgan fingerprint density at radius 3 is 2.58 bits per heavy atom. The van der Waals surface area contributed by atoms with Crippen LogP contribution in [0.25, 0.3) is 0 Å². The molecule has 1 amide bonds. The Balaban J connectivity index is 1.59. The minimum Gasteiger partial charge on any atom is -0.368 e. The maximum Gasteiger partial charge on any atom is 0.246 e. The Kier molecular flexibility index (Phi) is 5.54. The fourth-order valence-electron chi connectivity index (χ4n) is 4.26. The zero-order valence-corrected chi connectivity index (χ0v) is 14.5. The Bertz CT molecular complexity index is 551. The van der Waals surface area contributed by atoms with E-state index >= 15 is 0 Å². The average molecular weight is 333 g/mol. The Morgan fingerprint density at radius 1 is 1.21 bits per heavy atom. The minimum absolute atomic E-state index is 0.0561. The topological polar surface area (TPSA) is 38.3 Å². The molecule has 24 heavy (non-hydrogen) atoms. The molecule has 3 rings (SSSR count). The number of carbonyl (C=O) groups is 1. The van der Waals surface area contributed by atoms with E-state index in [9.17, 15) is 9.18 Å². The van der Waals surface area contributed by atoms with Crippen LogP contribution in [0.5, 0.6) is 0 Å². The molecule has 1 N–H and O–H groups in total. The summed E-state index contributed by atoms with van der Waals surface area (Å²) in [4.78, 5) is 12.5. The molecule has 132 valence electrons. The van der Waals surface area contributed by atoms with Crippen LogP contribution in [0, 0.1) is 11.7 Å². The van der Waals surface area contributed by atoms with Crippen molar-refractivity contribution in [2.75, 3.05) is 6.61 Å². The van der Waals surface area contributed by atoms with Crippen LogP contribution in [0.15, 0.2) is 24.3 Å². The first kappa shape index (κ1) is 17.4. The predicted octanol–water partition coefficient (Wildman–Crippen LogP) is 4.31. The van der Waals surface area contributed by atoms with Crippen LogP contribution >= 0.6 is 0 Å². The molecule has 3 nitrogen and oxygen atoms in total. The smallest absolute Gasteiger partial charge is 0.246 e. The zero-order chi connectivity index (χ0) is 17.0. The fourth-order valence-corrected chi connectivity index (χ4v) is 4.26. The largest absolute Gasteiger partial charge is 0.368 e. The first-order chi connectivity index (χ1) is 11.6. The molecule has 2 atom stereocenters. The van der Waals surface area contributed by atoms with Crippen molar-refractivity contribution >= 4 is 5.91 Å². The van der Waals surface area contributed by atoms with Gasteiger partial charge in [-0.15, -0.1) is 0 Å². The summed E-state index contributed by atoms with van der Waals surface area (Å²) in [7, 11) is 0. The number of hydrogen-bond acceptors (Lipinski definition) is 2. The van der Waals surface area contributed by atoms with Crippen molar-refractivity contribution in [2.45, 2.75) is 69.9 Å². The van der Waals surface area contributed by atoms with E-state index in [4.69, 9.17) is 4.74 Å². The van der Waals surface area contributed by atoms with E-state index in [0.717, 1.165) is 44.1 Å².